The van der Waals surface area contributed by atoms with Crippen LogP contribution >= 0.6 is 0 Å². The van der Waals surface area contributed by atoms with Gasteiger partial charge in [0.25, 0.3) is 0 Å². The molecule has 3 nitrogen and oxygen atoms in total. The second kappa shape index (κ2) is 6.38. The molecule has 0 aliphatic carbocycles. The van der Waals surface area contributed by atoms with E-state index in [0.29, 0.717) is 6.61 Å². The molecule has 0 radical (unpaired) electrons. The van der Waals surface area contributed by atoms with E-state index >= 15 is 0 Å². The van der Waals surface area contributed by atoms with Gasteiger partial charge in [0.1, 0.15) is 5.75 Å². The lowest BCUT2D eigenvalue weighted by Crippen LogP contribution is -2.08. The van der Waals surface area contributed by atoms with Crippen molar-refractivity contribution in [2.24, 2.45) is 5.41 Å². The molecular formula is C17H20N2O. The number of hydrogen-bond acceptors (Lipinski definition) is 3. The Hall–Kier alpha value is -2.08. The average molecular weight is 268 g/mol. The van der Waals surface area contributed by atoms with Crippen LogP contribution in [0.15, 0.2) is 36.5 Å². The highest BCUT2D eigenvalue weighted by Gasteiger charge is 2.15. The maximum atomic E-state index is 8.96. The van der Waals surface area contributed by atoms with E-state index < -0.39 is 0 Å². The van der Waals surface area contributed by atoms with Gasteiger partial charge in [-0.2, -0.15) is 5.26 Å². The van der Waals surface area contributed by atoms with Crippen LogP contribution in [0, 0.1) is 16.7 Å². The molecule has 0 saturated carbocycles. The molecule has 1 aromatic carbocycles. The van der Waals surface area contributed by atoms with Gasteiger partial charge in [-0.15, -0.1) is 0 Å². The summed E-state index contributed by atoms with van der Waals surface area (Å²) in [7, 11) is 0. The van der Waals surface area contributed by atoms with Crippen LogP contribution in [0.1, 0.15) is 33.1 Å². The first-order valence-corrected chi connectivity index (χ1v) is 7.00. The van der Waals surface area contributed by atoms with E-state index in [2.05, 4.69) is 11.1 Å². The molecule has 0 fully saturated rings. The van der Waals surface area contributed by atoms with Gasteiger partial charge in [-0.3, -0.25) is 4.98 Å². The zero-order valence-corrected chi connectivity index (χ0v) is 12.1. The lowest BCUT2D eigenvalue weighted by Gasteiger charge is -2.14. The van der Waals surface area contributed by atoms with Crippen molar-refractivity contribution in [3.05, 3.63) is 36.5 Å². The van der Waals surface area contributed by atoms with Crippen LogP contribution < -0.4 is 4.74 Å². The Morgan fingerprint density at radius 2 is 2.05 bits per heavy atom. The number of rotatable bonds is 6. The quantitative estimate of drug-likeness (QED) is 0.732. The fourth-order valence-corrected chi connectivity index (χ4v) is 2.11. The van der Waals surface area contributed by atoms with Crippen LogP contribution in [0.2, 0.25) is 0 Å². The molecule has 1 heterocycles. The fourth-order valence-electron chi connectivity index (χ4n) is 2.11. The van der Waals surface area contributed by atoms with Crippen LogP contribution in [0.3, 0.4) is 0 Å². The highest BCUT2D eigenvalue weighted by molar-refractivity contribution is 5.84. The maximum Gasteiger partial charge on any atom is 0.128 e. The molecule has 0 spiro atoms. The van der Waals surface area contributed by atoms with Crippen molar-refractivity contribution in [1.29, 1.82) is 5.26 Å². The summed E-state index contributed by atoms with van der Waals surface area (Å²) in [5, 5.41) is 10.0. The summed E-state index contributed by atoms with van der Waals surface area (Å²) >= 11 is 0. The number of aromatic nitrogens is 1. The van der Waals surface area contributed by atoms with Crippen molar-refractivity contribution in [3.63, 3.8) is 0 Å². The van der Waals surface area contributed by atoms with E-state index in [1.807, 2.05) is 44.2 Å². The number of nitriles is 1. The summed E-state index contributed by atoms with van der Waals surface area (Å²) in [6.07, 6.45) is 4.66. The molecule has 0 aliphatic rings. The highest BCUT2D eigenvalue weighted by Crippen LogP contribution is 2.25. The summed E-state index contributed by atoms with van der Waals surface area (Å²) in [6, 6.07) is 12.2. The second-order valence-electron chi connectivity index (χ2n) is 5.63. The van der Waals surface area contributed by atoms with Crippen LogP contribution in [-0.4, -0.2) is 11.6 Å². The van der Waals surface area contributed by atoms with Crippen molar-refractivity contribution in [2.45, 2.75) is 33.1 Å². The molecule has 0 saturated heterocycles. The molecule has 0 unspecified atom stereocenters. The van der Waals surface area contributed by atoms with E-state index in [1.54, 1.807) is 6.20 Å². The number of fused-ring (bicyclic) bond motifs is 1. The Kier molecular flexibility index (Phi) is 4.57. The van der Waals surface area contributed by atoms with Gasteiger partial charge in [-0.05, 0) is 57.4 Å². The number of hydrogen-bond donors (Lipinski definition) is 0. The summed E-state index contributed by atoms with van der Waals surface area (Å²) in [5.41, 5.74) is 0.721. The third kappa shape index (κ3) is 3.71. The molecular weight excluding hydrogens is 248 g/mol. The van der Waals surface area contributed by atoms with Gasteiger partial charge in [0.2, 0.25) is 0 Å². The predicted octanol–water partition coefficient (Wildman–Crippen LogP) is 4.33. The molecule has 20 heavy (non-hydrogen) atoms. The first-order chi connectivity index (χ1) is 9.62. The Balaban J connectivity index is 1.86. The van der Waals surface area contributed by atoms with Crippen LogP contribution in [0.4, 0.5) is 0 Å². The van der Waals surface area contributed by atoms with Gasteiger partial charge in [0, 0.05) is 11.6 Å². The molecule has 0 N–H and O–H groups in total. The standard InChI is InChI=1S/C17H20N2O/c1-17(2,13-18)10-3-4-12-20-16-9-5-8-15-14(16)7-6-11-19-15/h5-9,11H,3-4,10,12H2,1-2H3. The van der Waals surface area contributed by atoms with E-state index in [1.165, 1.54) is 0 Å². The summed E-state index contributed by atoms with van der Waals surface area (Å²) in [5.74, 6) is 0.884. The van der Waals surface area contributed by atoms with Crippen molar-refractivity contribution >= 4 is 10.9 Å². The predicted molar refractivity (Wildman–Crippen MR) is 80.5 cm³/mol. The molecule has 2 rings (SSSR count). The molecule has 0 bridgehead atoms. The number of benzene rings is 1. The molecule has 104 valence electrons. The highest BCUT2D eigenvalue weighted by atomic mass is 16.5. The SMILES string of the molecule is CC(C)(C#N)CCCCOc1cccc2ncccc12. The molecule has 2 aromatic rings. The normalized spacial score (nSPS) is 11.2. The zero-order chi connectivity index (χ0) is 14.4. The maximum absolute atomic E-state index is 8.96. The average Bonchev–Trinajstić information content (AvgIpc) is 2.47. The van der Waals surface area contributed by atoms with E-state index in [0.717, 1.165) is 35.9 Å². The van der Waals surface area contributed by atoms with Crippen LogP contribution in [-0.2, 0) is 0 Å². The van der Waals surface area contributed by atoms with E-state index in [-0.39, 0.29) is 5.41 Å². The summed E-state index contributed by atoms with van der Waals surface area (Å²) < 4.78 is 5.84. The second-order valence-corrected chi connectivity index (χ2v) is 5.63. The molecule has 3 heteroatoms. The van der Waals surface area contributed by atoms with Gasteiger partial charge in [0.05, 0.1) is 23.6 Å². The van der Waals surface area contributed by atoms with Gasteiger partial charge in [-0.25, -0.2) is 0 Å². The van der Waals surface area contributed by atoms with E-state index in [9.17, 15) is 0 Å². The minimum atomic E-state index is -0.233. The van der Waals surface area contributed by atoms with Crippen LogP contribution in [0.25, 0.3) is 10.9 Å². The zero-order valence-electron chi connectivity index (χ0n) is 12.1. The lowest BCUT2D eigenvalue weighted by molar-refractivity contribution is 0.298. The van der Waals surface area contributed by atoms with Crippen molar-refractivity contribution in [2.75, 3.05) is 6.61 Å². The van der Waals surface area contributed by atoms with Crippen molar-refractivity contribution in [3.8, 4) is 11.8 Å². The van der Waals surface area contributed by atoms with Crippen molar-refractivity contribution < 1.29 is 4.74 Å². The van der Waals surface area contributed by atoms with E-state index in [4.69, 9.17) is 10.00 Å². The Bertz CT molecular complexity index is 608. The summed E-state index contributed by atoms with van der Waals surface area (Å²) in [4.78, 5) is 4.31. The number of ether oxygens (including phenoxy) is 1. The minimum absolute atomic E-state index is 0.233. The topological polar surface area (TPSA) is 45.9 Å². The number of nitrogens with zero attached hydrogens (tertiary/aromatic N) is 2. The number of unbranched alkanes of at least 4 members (excludes halogenated alkanes) is 1. The first kappa shape index (κ1) is 14.3. The first-order valence-electron chi connectivity index (χ1n) is 7.00. The Morgan fingerprint density at radius 1 is 1.20 bits per heavy atom. The fraction of sp³-hybridized carbons (Fsp3) is 0.412. The molecule has 0 amide bonds. The third-order valence-corrected chi connectivity index (χ3v) is 3.36. The van der Waals surface area contributed by atoms with Gasteiger partial charge >= 0.3 is 0 Å². The monoisotopic (exact) mass is 268 g/mol. The van der Waals surface area contributed by atoms with Gasteiger partial charge in [-0.1, -0.05) is 6.07 Å². The minimum Gasteiger partial charge on any atom is -0.493 e. The van der Waals surface area contributed by atoms with Gasteiger partial charge < -0.3 is 4.74 Å². The lowest BCUT2D eigenvalue weighted by atomic mass is 9.89. The molecule has 0 aliphatic heterocycles. The largest absolute Gasteiger partial charge is 0.493 e. The van der Waals surface area contributed by atoms with Crippen LogP contribution in [0.5, 0.6) is 5.75 Å². The van der Waals surface area contributed by atoms with Crippen molar-refractivity contribution in [1.82, 2.24) is 4.98 Å². The smallest absolute Gasteiger partial charge is 0.128 e. The Labute approximate surface area is 120 Å². The van der Waals surface area contributed by atoms with Gasteiger partial charge in [0.15, 0.2) is 0 Å². The molecule has 1 aromatic heterocycles. The Morgan fingerprint density at radius 3 is 2.85 bits per heavy atom. The number of pyridine rings is 1. The summed E-state index contributed by atoms with van der Waals surface area (Å²) in [6.45, 7) is 4.63. The third-order valence-electron chi connectivity index (χ3n) is 3.36. The molecule has 0 atom stereocenters.